The molecule has 12 N–H and O–H groups in total. The molecule has 3 saturated heterocycles. The zero-order chi connectivity index (χ0) is 72.5. The predicted octanol–water partition coefficient (Wildman–Crippen LogP) is 13.5. The largest absolute Gasteiger partial charge is 0.394 e. The normalized spacial score (nSPS) is 26.8. The molecule has 0 aromatic carbocycles. The molecule has 0 spiro atoms. The van der Waals surface area contributed by atoms with E-state index in [0.29, 0.717) is 12.8 Å². The van der Waals surface area contributed by atoms with Crippen molar-refractivity contribution in [1.29, 1.82) is 0 Å². The number of aliphatic hydroxyl groups is 11. The van der Waals surface area contributed by atoms with Crippen molar-refractivity contribution in [1.82, 2.24) is 5.32 Å². The van der Waals surface area contributed by atoms with Gasteiger partial charge in [0.2, 0.25) is 5.91 Å². The van der Waals surface area contributed by atoms with Gasteiger partial charge >= 0.3 is 0 Å². The van der Waals surface area contributed by atoms with Gasteiger partial charge in [-0.05, 0) is 70.6 Å². The number of unbranched alkanes of at least 4 members (excludes halogenated alkanes) is 40. The molecule has 0 aromatic heterocycles. The average Bonchev–Trinajstić information content (AvgIpc) is 0.783. The molecule has 0 radical (unpaired) electrons. The van der Waals surface area contributed by atoms with Crippen molar-refractivity contribution in [2.75, 3.05) is 26.4 Å². The third kappa shape index (κ3) is 41.4. The van der Waals surface area contributed by atoms with Gasteiger partial charge in [-0.2, -0.15) is 0 Å². The van der Waals surface area contributed by atoms with Gasteiger partial charge in [-0.1, -0.05) is 299 Å². The SMILES string of the molecule is CCCCCCC/C=C\C/C=C\C/C=C\CCCCCCCCCCCCCCCCCCCCCCC(=O)NC(COC1OC(CO)C(OC2OC(CO)C(OC3OC(CO)C(O)C(O)C3O)C(O)C2O)C(O)C1O)C(O)/C=C/CC/C=C/CCCCCCCCCCCCCCCC. The lowest BCUT2D eigenvalue weighted by Gasteiger charge is -2.48. The molecule has 17 atom stereocenters. The average molecular weight is 1420 g/mol. The number of carbonyl (C=O) groups is 1. The standard InChI is InChI=1S/C81H147NO18/c1-3-5-7-9-11-13-15-17-19-21-23-25-26-27-28-29-30-31-32-33-34-35-36-37-38-39-41-43-45-47-49-51-53-55-57-59-69(87)82-64(65(86)58-56-54-52-50-48-46-44-42-40-24-22-20-18-16-14-12-10-8-6-4-2)63-95-79-75(93)72(90)77(67(61-84)97-79)100-81-76(94)73(91)78(68(62-85)98-81)99-80-74(92)71(89)70(88)66(60-83)96-80/h15,17,21,23,26-27,48,50,56,58,64-68,70-81,83-86,88-94H,3-14,16,18-20,22,24-25,28-47,49,51-55,57,59-63H2,1-2H3,(H,82,87)/b17-15-,23-21-,27-26-,50-48+,58-56+. The Balaban J connectivity index is 1.35. The zero-order valence-corrected chi connectivity index (χ0v) is 62.4. The first-order chi connectivity index (χ1) is 48.8. The van der Waals surface area contributed by atoms with Gasteiger partial charge in [-0.15, -0.1) is 0 Å². The topological polar surface area (TPSA) is 307 Å². The first-order valence-electron chi connectivity index (χ1n) is 40.5. The van der Waals surface area contributed by atoms with Crippen LogP contribution in [0, 0.1) is 0 Å². The highest BCUT2D eigenvalue weighted by Crippen LogP contribution is 2.33. The molecule has 3 rings (SSSR count). The van der Waals surface area contributed by atoms with Gasteiger partial charge in [0, 0.05) is 6.42 Å². The van der Waals surface area contributed by atoms with Crippen molar-refractivity contribution in [3.05, 3.63) is 60.8 Å². The lowest BCUT2D eigenvalue weighted by Crippen LogP contribution is -2.66. The Hall–Kier alpha value is -2.51. The molecule has 3 fully saturated rings. The molecule has 0 bridgehead atoms. The van der Waals surface area contributed by atoms with Gasteiger partial charge < -0.3 is 89.9 Å². The van der Waals surface area contributed by atoms with Crippen LogP contribution in [0.5, 0.6) is 0 Å². The molecule has 1 amide bonds. The smallest absolute Gasteiger partial charge is 0.220 e. The quantitative estimate of drug-likeness (QED) is 0.0199. The highest BCUT2D eigenvalue weighted by Gasteiger charge is 2.54. The fourth-order valence-corrected chi connectivity index (χ4v) is 13.5. The Kier molecular flexibility index (Phi) is 56.5. The maximum absolute atomic E-state index is 13.5. The Bertz CT molecular complexity index is 2040. The number of aliphatic hydroxyl groups excluding tert-OH is 11. The minimum Gasteiger partial charge on any atom is -0.394 e. The summed E-state index contributed by atoms with van der Waals surface area (Å²) in [6.45, 7) is 1.74. The minimum atomic E-state index is -1.98. The summed E-state index contributed by atoms with van der Waals surface area (Å²) in [4.78, 5) is 13.5. The third-order valence-corrected chi connectivity index (χ3v) is 20.0. The highest BCUT2D eigenvalue weighted by molar-refractivity contribution is 5.76. The summed E-state index contributed by atoms with van der Waals surface area (Å²) in [5, 5.41) is 121. The lowest BCUT2D eigenvalue weighted by atomic mass is 9.96. The van der Waals surface area contributed by atoms with Crippen molar-refractivity contribution in [3.63, 3.8) is 0 Å². The van der Waals surface area contributed by atoms with E-state index in [0.717, 1.165) is 51.4 Å². The maximum atomic E-state index is 13.5. The van der Waals surface area contributed by atoms with Crippen molar-refractivity contribution in [2.24, 2.45) is 0 Å². The Morgan fingerprint density at radius 1 is 0.360 bits per heavy atom. The summed E-state index contributed by atoms with van der Waals surface area (Å²) in [5.41, 5.74) is 0. The molecule has 0 saturated carbocycles. The van der Waals surface area contributed by atoms with Crippen molar-refractivity contribution < 1.29 is 89.4 Å². The summed E-state index contributed by atoms with van der Waals surface area (Å²) >= 11 is 0. The van der Waals surface area contributed by atoms with E-state index in [1.54, 1.807) is 6.08 Å². The van der Waals surface area contributed by atoms with Crippen LogP contribution in [-0.4, -0.2) is 193 Å². The van der Waals surface area contributed by atoms with Gasteiger partial charge in [0.1, 0.15) is 73.2 Å². The second-order valence-electron chi connectivity index (χ2n) is 28.9. The van der Waals surface area contributed by atoms with Crippen LogP contribution in [0.2, 0.25) is 0 Å². The van der Waals surface area contributed by atoms with Gasteiger partial charge in [0.05, 0.1) is 38.6 Å². The molecule has 19 heteroatoms. The van der Waals surface area contributed by atoms with E-state index in [-0.39, 0.29) is 18.9 Å². The van der Waals surface area contributed by atoms with E-state index in [4.69, 9.17) is 28.4 Å². The van der Waals surface area contributed by atoms with E-state index >= 15 is 0 Å². The molecule has 17 unspecified atom stereocenters. The summed E-state index contributed by atoms with van der Waals surface area (Å²) in [6, 6.07) is -0.992. The van der Waals surface area contributed by atoms with Crippen LogP contribution in [0.4, 0.5) is 0 Å². The van der Waals surface area contributed by atoms with Crippen molar-refractivity contribution in [2.45, 2.75) is 420 Å². The number of allylic oxidation sites excluding steroid dienone is 9. The van der Waals surface area contributed by atoms with E-state index in [1.165, 1.54) is 231 Å². The molecule has 0 aromatic rings. The summed E-state index contributed by atoms with van der Waals surface area (Å²) in [6.07, 6.45) is 52.2. The molecule has 19 nitrogen and oxygen atoms in total. The second-order valence-corrected chi connectivity index (χ2v) is 28.9. The molecular formula is C81H147NO18. The molecule has 584 valence electrons. The second kappa shape index (κ2) is 61.6. The molecular weight excluding hydrogens is 1270 g/mol. The van der Waals surface area contributed by atoms with E-state index in [2.05, 4.69) is 67.8 Å². The lowest BCUT2D eigenvalue weighted by molar-refractivity contribution is -0.379. The van der Waals surface area contributed by atoms with Gasteiger partial charge in [-0.25, -0.2) is 0 Å². The summed E-state index contributed by atoms with van der Waals surface area (Å²) in [5.74, 6) is -0.281. The van der Waals surface area contributed by atoms with Gasteiger partial charge in [0.15, 0.2) is 18.9 Å². The van der Waals surface area contributed by atoms with Crippen LogP contribution in [0.25, 0.3) is 0 Å². The van der Waals surface area contributed by atoms with Crippen molar-refractivity contribution in [3.8, 4) is 0 Å². The monoisotopic (exact) mass is 1420 g/mol. The summed E-state index contributed by atoms with van der Waals surface area (Å²) < 4.78 is 34.4. The molecule has 0 aliphatic carbocycles. The molecule has 3 heterocycles. The summed E-state index contributed by atoms with van der Waals surface area (Å²) in [7, 11) is 0. The zero-order valence-electron chi connectivity index (χ0n) is 62.4. The van der Waals surface area contributed by atoms with E-state index in [9.17, 15) is 61.0 Å². The first kappa shape index (κ1) is 91.7. The molecule has 100 heavy (non-hydrogen) atoms. The van der Waals surface area contributed by atoms with Crippen LogP contribution < -0.4 is 5.32 Å². The number of ether oxygens (including phenoxy) is 6. The van der Waals surface area contributed by atoms with Crippen molar-refractivity contribution >= 4 is 5.91 Å². The van der Waals surface area contributed by atoms with E-state index in [1.807, 2.05) is 6.08 Å². The van der Waals surface area contributed by atoms with Crippen LogP contribution in [0.15, 0.2) is 60.8 Å². The van der Waals surface area contributed by atoms with Crippen LogP contribution in [0.1, 0.15) is 316 Å². The number of nitrogens with one attached hydrogen (secondary N) is 1. The van der Waals surface area contributed by atoms with Gasteiger partial charge in [-0.3, -0.25) is 4.79 Å². The highest BCUT2D eigenvalue weighted by atomic mass is 16.8. The fourth-order valence-electron chi connectivity index (χ4n) is 13.5. The third-order valence-electron chi connectivity index (χ3n) is 20.0. The number of hydrogen-bond acceptors (Lipinski definition) is 18. The predicted molar refractivity (Wildman–Crippen MR) is 397 cm³/mol. The van der Waals surface area contributed by atoms with Crippen LogP contribution in [0.3, 0.4) is 0 Å². The maximum Gasteiger partial charge on any atom is 0.220 e. The minimum absolute atomic E-state index is 0.237. The first-order valence-corrected chi connectivity index (χ1v) is 40.5. The number of rotatable bonds is 64. The van der Waals surface area contributed by atoms with Crippen LogP contribution >= 0.6 is 0 Å². The van der Waals surface area contributed by atoms with Gasteiger partial charge in [0.25, 0.3) is 0 Å². The van der Waals surface area contributed by atoms with Crippen LogP contribution in [-0.2, 0) is 33.2 Å². The molecule has 3 aliphatic heterocycles. The number of hydrogen-bond donors (Lipinski definition) is 12. The Labute approximate surface area is 605 Å². The number of carbonyl (C=O) groups excluding carboxylic acids is 1. The van der Waals surface area contributed by atoms with E-state index < -0.39 is 124 Å². The fraction of sp³-hybridized carbons (Fsp3) is 0.864. The molecule has 3 aliphatic rings. The number of amides is 1. The Morgan fingerprint density at radius 3 is 1.07 bits per heavy atom. The Morgan fingerprint density at radius 2 is 0.670 bits per heavy atom.